The van der Waals surface area contributed by atoms with Gasteiger partial charge in [-0.05, 0) is 48.5 Å². The molecule has 7 nitrogen and oxygen atoms in total. The number of Topliss-reactive ketones (excluding diaryl/α,β-unsaturated/α-hetero) is 1. The molecule has 0 amide bonds. The first kappa shape index (κ1) is 18.8. The molecule has 0 aliphatic heterocycles. The van der Waals surface area contributed by atoms with E-state index in [2.05, 4.69) is 4.99 Å². The van der Waals surface area contributed by atoms with Crippen molar-refractivity contribution in [2.24, 2.45) is 4.99 Å². The summed E-state index contributed by atoms with van der Waals surface area (Å²) < 4.78 is 5.28. The molecule has 0 spiro atoms. The topological polar surface area (TPSA) is 110 Å². The summed E-state index contributed by atoms with van der Waals surface area (Å²) in [7, 11) is 0. The van der Waals surface area contributed by atoms with Crippen molar-refractivity contribution < 1.29 is 29.0 Å². The third kappa shape index (κ3) is 5.51. The highest BCUT2D eigenvalue weighted by atomic mass is 16.5. The smallest absolute Gasteiger partial charge is 0.303 e. The fourth-order valence-electron chi connectivity index (χ4n) is 2.09. The maximum absolute atomic E-state index is 12.4. The molecule has 0 saturated heterocycles. The van der Waals surface area contributed by atoms with Crippen LogP contribution in [0.1, 0.15) is 28.8 Å². The standard InChI is InChI=1S/C19H15NO6/c21-12-20-15-5-1-13(2-6-15)19(25)14-3-8-17(9-4-14)26-11-16(22)7-10-18(23)24/h1-6,8-9H,7,10-11H2,(H,23,24). The second-order valence-corrected chi connectivity index (χ2v) is 5.32. The number of carboxylic acids is 1. The van der Waals surface area contributed by atoms with E-state index < -0.39 is 5.97 Å². The SMILES string of the molecule is O=C=Nc1ccc(C(=O)c2ccc(OCC(=O)CCC(=O)O)cc2)cc1. The van der Waals surface area contributed by atoms with Crippen molar-refractivity contribution in [3.8, 4) is 5.75 Å². The zero-order valence-electron chi connectivity index (χ0n) is 13.7. The third-order valence-corrected chi connectivity index (χ3v) is 3.44. The van der Waals surface area contributed by atoms with Crippen LogP contribution in [0.3, 0.4) is 0 Å². The highest BCUT2D eigenvalue weighted by Gasteiger charge is 2.10. The van der Waals surface area contributed by atoms with Crippen LogP contribution in [0.5, 0.6) is 5.75 Å². The lowest BCUT2D eigenvalue weighted by Gasteiger charge is -2.06. The number of carbonyl (C=O) groups is 3. The van der Waals surface area contributed by atoms with E-state index >= 15 is 0 Å². The van der Waals surface area contributed by atoms with Crippen LogP contribution >= 0.6 is 0 Å². The number of hydrogen-bond donors (Lipinski definition) is 1. The average Bonchev–Trinajstić information content (AvgIpc) is 2.65. The predicted molar refractivity (Wildman–Crippen MR) is 91.5 cm³/mol. The lowest BCUT2D eigenvalue weighted by Crippen LogP contribution is -2.12. The van der Waals surface area contributed by atoms with Crippen molar-refractivity contribution >= 4 is 29.3 Å². The van der Waals surface area contributed by atoms with Gasteiger partial charge in [0.05, 0.1) is 12.1 Å². The van der Waals surface area contributed by atoms with Gasteiger partial charge >= 0.3 is 5.97 Å². The first-order valence-corrected chi connectivity index (χ1v) is 7.68. The molecule has 0 aromatic heterocycles. The third-order valence-electron chi connectivity index (χ3n) is 3.44. The summed E-state index contributed by atoms with van der Waals surface area (Å²) in [6.07, 6.45) is 1.11. The zero-order chi connectivity index (χ0) is 18.9. The summed E-state index contributed by atoms with van der Waals surface area (Å²) in [5, 5.41) is 8.52. The van der Waals surface area contributed by atoms with Crippen LogP contribution in [0.15, 0.2) is 53.5 Å². The molecule has 0 heterocycles. The summed E-state index contributed by atoms with van der Waals surface area (Å²) >= 11 is 0. The van der Waals surface area contributed by atoms with E-state index in [1.165, 1.54) is 6.08 Å². The molecule has 0 radical (unpaired) electrons. The van der Waals surface area contributed by atoms with Crippen LogP contribution in [0, 0.1) is 0 Å². The number of benzene rings is 2. The molecule has 2 aromatic rings. The van der Waals surface area contributed by atoms with Crippen molar-refractivity contribution in [2.75, 3.05) is 6.61 Å². The minimum Gasteiger partial charge on any atom is -0.486 e. The monoisotopic (exact) mass is 353 g/mol. The first-order valence-electron chi connectivity index (χ1n) is 7.68. The Hall–Kier alpha value is -3.57. The largest absolute Gasteiger partial charge is 0.486 e. The number of carboxylic acid groups (broad SMARTS) is 1. The molecular weight excluding hydrogens is 338 g/mol. The fraction of sp³-hybridized carbons (Fsp3) is 0.158. The van der Waals surface area contributed by atoms with Gasteiger partial charge in [-0.2, -0.15) is 4.99 Å². The molecule has 0 bridgehead atoms. The van der Waals surface area contributed by atoms with Gasteiger partial charge in [-0.15, -0.1) is 0 Å². The number of nitrogens with zero attached hydrogens (tertiary/aromatic N) is 1. The predicted octanol–water partition coefficient (Wildman–Crippen LogP) is 2.70. The first-order chi connectivity index (χ1) is 12.5. The van der Waals surface area contributed by atoms with Gasteiger partial charge in [0.2, 0.25) is 6.08 Å². The Morgan fingerprint density at radius 1 is 0.923 bits per heavy atom. The molecule has 0 aliphatic carbocycles. The summed E-state index contributed by atoms with van der Waals surface area (Å²) in [6.45, 7) is -0.223. The number of ketones is 2. The number of ether oxygens (including phenoxy) is 1. The Morgan fingerprint density at radius 2 is 1.50 bits per heavy atom. The second kappa shape index (κ2) is 9.05. The lowest BCUT2D eigenvalue weighted by molar-refractivity contribution is -0.138. The van der Waals surface area contributed by atoms with E-state index in [1.807, 2.05) is 0 Å². The highest BCUT2D eigenvalue weighted by molar-refractivity contribution is 6.09. The maximum atomic E-state index is 12.4. The van der Waals surface area contributed by atoms with E-state index in [4.69, 9.17) is 9.84 Å². The molecule has 0 fully saturated rings. The van der Waals surface area contributed by atoms with Gasteiger partial charge in [0.1, 0.15) is 12.4 Å². The summed E-state index contributed by atoms with van der Waals surface area (Å²) in [4.78, 5) is 47.9. The Kier molecular flexibility index (Phi) is 6.53. The minimum atomic E-state index is -1.03. The van der Waals surface area contributed by atoms with Crippen LogP contribution in [-0.4, -0.2) is 35.3 Å². The van der Waals surface area contributed by atoms with Crippen LogP contribution in [0.4, 0.5) is 5.69 Å². The highest BCUT2D eigenvalue weighted by Crippen LogP contribution is 2.18. The van der Waals surface area contributed by atoms with Crippen LogP contribution in [0.25, 0.3) is 0 Å². The Labute approximate surface area is 148 Å². The minimum absolute atomic E-state index is 0.0873. The number of aliphatic carboxylic acids is 1. The van der Waals surface area contributed by atoms with Gasteiger partial charge in [0, 0.05) is 17.5 Å². The van der Waals surface area contributed by atoms with Gasteiger partial charge in [-0.25, -0.2) is 4.79 Å². The number of hydrogen-bond acceptors (Lipinski definition) is 6. The van der Waals surface area contributed by atoms with Crippen molar-refractivity contribution in [1.29, 1.82) is 0 Å². The van der Waals surface area contributed by atoms with E-state index in [0.29, 0.717) is 22.6 Å². The van der Waals surface area contributed by atoms with Crippen molar-refractivity contribution in [2.45, 2.75) is 12.8 Å². The molecule has 26 heavy (non-hydrogen) atoms. The fourth-order valence-corrected chi connectivity index (χ4v) is 2.09. The Bertz CT molecular complexity index is 849. The van der Waals surface area contributed by atoms with Gasteiger partial charge in [0.15, 0.2) is 11.6 Å². The van der Waals surface area contributed by atoms with Crippen molar-refractivity contribution in [3.63, 3.8) is 0 Å². The molecular formula is C19H15NO6. The molecule has 132 valence electrons. The summed E-state index contributed by atoms with van der Waals surface area (Å²) in [5.74, 6) is -1.16. The average molecular weight is 353 g/mol. The molecule has 1 N–H and O–H groups in total. The van der Waals surface area contributed by atoms with Gasteiger partial charge in [-0.3, -0.25) is 14.4 Å². The van der Waals surface area contributed by atoms with Gasteiger partial charge in [0.25, 0.3) is 0 Å². The number of rotatable bonds is 9. The van der Waals surface area contributed by atoms with Crippen molar-refractivity contribution in [1.82, 2.24) is 0 Å². The number of isocyanates is 1. The van der Waals surface area contributed by atoms with Crippen LogP contribution in [0.2, 0.25) is 0 Å². The van der Waals surface area contributed by atoms with Crippen LogP contribution < -0.4 is 4.74 Å². The van der Waals surface area contributed by atoms with E-state index in [-0.39, 0.29) is 31.0 Å². The summed E-state index contributed by atoms with van der Waals surface area (Å²) in [6, 6.07) is 12.4. The van der Waals surface area contributed by atoms with E-state index in [9.17, 15) is 19.2 Å². The van der Waals surface area contributed by atoms with Crippen LogP contribution in [-0.2, 0) is 14.4 Å². The molecule has 2 rings (SSSR count). The Morgan fingerprint density at radius 3 is 2.04 bits per heavy atom. The lowest BCUT2D eigenvalue weighted by atomic mass is 10.0. The molecule has 0 saturated carbocycles. The Balaban J connectivity index is 1.95. The normalized spacial score (nSPS) is 9.85. The number of carbonyl (C=O) groups excluding carboxylic acids is 3. The van der Waals surface area contributed by atoms with Gasteiger partial charge < -0.3 is 9.84 Å². The molecule has 7 heteroatoms. The van der Waals surface area contributed by atoms with E-state index in [1.54, 1.807) is 48.5 Å². The number of aliphatic imine (C=N–C) groups is 1. The molecule has 0 atom stereocenters. The molecule has 2 aromatic carbocycles. The zero-order valence-corrected chi connectivity index (χ0v) is 13.7. The van der Waals surface area contributed by atoms with Gasteiger partial charge in [-0.1, -0.05) is 0 Å². The molecule has 0 unspecified atom stereocenters. The maximum Gasteiger partial charge on any atom is 0.303 e. The molecule has 0 aliphatic rings. The second-order valence-electron chi connectivity index (χ2n) is 5.32. The van der Waals surface area contributed by atoms with Crippen molar-refractivity contribution in [3.05, 3.63) is 59.7 Å². The van der Waals surface area contributed by atoms with E-state index in [0.717, 1.165) is 0 Å². The summed E-state index contributed by atoms with van der Waals surface area (Å²) in [5.41, 5.74) is 1.28. The quantitative estimate of drug-likeness (QED) is 0.422.